The molecule has 0 heterocycles. The van der Waals surface area contributed by atoms with Crippen LogP contribution in [0.1, 0.15) is 63.1 Å². The number of rotatable bonds is 7. The molecule has 1 aliphatic rings. The SMILES string of the molecule is CCN(CC)C(=O)CCCC(=O)NC1CCCc2cc(N)ccc21.Cl. The first-order valence-corrected chi connectivity index (χ1v) is 9.00. The zero-order valence-corrected chi connectivity index (χ0v) is 16.0. The van der Waals surface area contributed by atoms with Crippen LogP contribution in [0.3, 0.4) is 0 Å². The molecule has 1 aromatic rings. The quantitative estimate of drug-likeness (QED) is 0.726. The third-order valence-electron chi connectivity index (χ3n) is 4.73. The maximum absolute atomic E-state index is 12.2. The highest BCUT2D eigenvalue weighted by Crippen LogP contribution is 2.31. The van der Waals surface area contributed by atoms with E-state index in [-0.39, 0.29) is 30.3 Å². The lowest BCUT2D eigenvalue weighted by atomic mass is 9.87. The molecular weight excluding hydrogens is 338 g/mol. The van der Waals surface area contributed by atoms with Crippen LogP contribution in [-0.4, -0.2) is 29.8 Å². The van der Waals surface area contributed by atoms with E-state index in [1.54, 1.807) is 4.90 Å². The molecule has 1 aromatic carbocycles. The Bertz CT molecular complexity index is 588. The van der Waals surface area contributed by atoms with Crippen molar-refractivity contribution < 1.29 is 9.59 Å². The second-order valence-corrected chi connectivity index (χ2v) is 6.39. The number of nitrogens with zero attached hydrogens (tertiary/aromatic N) is 1. The summed E-state index contributed by atoms with van der Waals surface area (Å²) in [6.45, 7) is 5.40. The lowest BCUT2D eigenvalue weighted by molar-refractivity contribution is -0.131. The average Bonchev–Trinajstić information content (AvgIpc) is 2.56. The summed E-state index contributed by atoms with van der Waals surface area (Å²) in [5.74, 6) is 0.156. The summed E-state index contributed by atoms with van der Waals surface area (Å²) in [5, 5.41) is 3.12. The fourth-order valence-corrected chi connectivity index (χ4v) is 3.39. The Morgan fingerprint density at radius 3 is 2.64 bits per heavy atom. The monoisotopic (exact) mass is 367 g/mol. The topological polar surface area (TPSA) is 75.4 Å². The van der Waals surface area contributed by atoms with Gasteiger partial charge in [-0.05, 0) is 62.8 Å². The van der Waals surface area contributed by atoms with Gasteiger partial charge in [0.25, 0.3) is 0 Å². The summed E-state index contributed by atoms with van der Waals surface area (Å²) in [6, 6.07) is 6.00. The average molecular weight is 368 g/mol. The largest absolute Gasteiger partial charge is 0.399 e. The fourth-order valence-electron chi connectivity index (χ4n) is 3.39. The van der Waals surface area contributed by atoms with Crippen molar-refractivity contribution in [2.24, 2.45) is 0 Å². The number of carbonyl (C=O) groups is 2. The fraction of sp³-hybridized carbons (Fsp3) is 0.579. The minimum Gasteiger partial charge on any atom is -0.399 e. The molecule has 1 atom stereocenters. The molecule has 2 amide bonds. The summed E-state index contributed by atoms with van der Waals surface area (Å²) in [4.78, 5) is 26.0. The van der Waals surface area contributed by atoms with Gasteiger partial charge in [-0.15, -0.1) is 12.4 Å². The van der Waals surface area contributed by atoms with Crippen LogP contribution in [0.5, 0.6) is 0 Å². The van der Waals surface area contributed by atoms with E-state index in [4.69, 9.17) is 5.73 Å². The van der Waals surface area contributed by atoms with Gasteiger partial charge in [-0.1, -0.05) is 6.07 Å². The van der Waals surface area contributed by atoms with Crippen LogP contribution in [0.25, 0.3) is 0 Å². The third kappa shape index (κ3) is 5.92. The summed E-state index contributed by atoms with van der Waals surface area (Å²) in [5.41, 5.74) is 9.04. The molecule has 0 saturated carbocycles. The predicted octanol–water partition coefficient (Wildman–Crippen LogP) is 3.22. The van der Waals surface area contributed by atoms with Gasteiger partial charge in [-0.2, -0.15) is 0 Å². The molecule has 0 saturated heterocycles. The Morgan fingerprint density at radius 1 is 1.24 bits per heavy atom. The molecule has 0 aromatic heterocycles. The number of fused-ring (bicyclic) bond motifs is 1. The number of amides is 2. The van der Waals surface area contributed by atoms with E-state index in [9.17, 15) is 9.59 Å². The minimum absolute atomic E-state index is 0. The van der Waals surface area contributed by atoms with E-state index in [0.29, 0.717) is 19.3 Å². The first kappa shape index (κ1) is 21.3. The van der Waals surface area contributed by atoms with Crippen molar-refractivity contribution in [1.29, 1.82) is 0 Å². The molecule has 1 aliphatic carbocycles. The van der Waals surface area contributed by atoms with Crippen molar-refractivity contribution in [2.45, 2.75) is 58.4 Å². The maximum atomic E-state index is 12.2. The van der Waals surface area contributed by atoms with E-state index >= 15 is 0 Å². The number of nitrogens with two attached hydrogens (primary N) is 1. The van der Waals surface area contributed by atoms with Crippen molar-refractivity contribution in [1.82, 2.24) is 10.2 Å². The molecule has 2 rings (SSSR count). The van der Waals surface area contributed by atoms with Gasteiger partial charge in [0.1, 0.15) is 0 Å². The van der Waals surface area contributed by atoms with E-state index < -0.39 is 0 Å². The molecule has 0 fully saturated rings. The van der Waals surface area contributed by atoms with Crippen molar-refractivity contribution in [3.63, 3.8) is 0 Å². The first-order chi connectivity index (χ1) is 11.5. The van der Waals surface area contributed by atoms with Crippen molar-refractivity contribution in [3.8, 4) is 0 Å². The number of benzene rings is 1. The number of aryl methyl sites for hydroxylation is 1. The Balaban J connectivity index is 0.00000312. The number of anilines is 1. The molecule has 5 nitrogen and oxygen atoms in total. The summed E-state index contributed by atoms with van der Waals surface area (Å²) >= 11 is 0. The zero-order valence-electron chi connectivity index (χ0n) is 15.2. The summed E-state index contributed by atoms with van der Waals surface area (Å²) < 4.78 is 0. The van der Waals surface area contributed by atoms with Crippen molar-refractivity contribution in [2.75, 3.05) is 18.8 Å². The van der Waals surface area contributed by atoms with Gasteiger partial charge in [-0.25, -0.2) is 0 Å². The number of hydrogen-bond acceptors (Lipinski definition) is 3. The maximum Gasteiger partial charge on any atom is 0.222 e. The van der Waals surface area contributed by atoms with Crippen LogP contribution >= 0.6 is 12.4 Å². The van der Waals surface area contributed by atoms with E-state index in [1.807, 2.05) is 32.0 Å². The molecular formula is C19H30ClN3O2. The summed E-state index contributed by atoms with van der Waals surface area (Å²) in [7, 11) is 0. The standard InChI is InChI=1S/C19H29N3O2.ClH/c1-3-22(4-2)19(24)10-6-9-18(23)21-17-8-5-7-14-13-15(20)11-12-16(14)17;/h11-13,17H,3-10,20H2,1-2H3,(H,21,23);1H. The lowest BCUT2D eigenvalue weighted by Gasteiger charge is -2.26. The molecule has 140 valence electrons. The lowest BCUT2D eigenvalue weighted by Crippen LogP contribution is -2.32. The highest BCUT2D eigenvalue weighted by atomic mass is 35.5. The second kappa shape index (κ2) is 10.3. The zero-order chi connectivity index (χ0) is 17.5. The number of hydrogen-bond donors (Lipinski definition) is 2. The Hall–Kier alpha value is -1.75. The normalized spacial score (nSPS) is 15.7. The van der Waals surface area contributed by atoms with Crippen LogP contribution in [0, 0.1) is 0 Å². The number of carbonyl (C=O) groups excluding carboxylic acids is 2. The van der Waals surface area contributed by atoms with Crippen LogP contribution in [0.4, 0.5) is 5.69 Å². The molecule has 3 N–H and O–H groups in total. The first-order valence-electron chi connectivity index (χ1n) is 9.00. The molecule has 25 heavy (non-hydrogen) atoms. The smallest absolute Gasteiger partial charge is 0.222 e. The number of halogens is 1. The Morgan fingerprint density at radius 2 is 1.96 bits per heavy atom. The number of nitrogen functional groups attached to an aromatic ring is 1. The van der Waals surface area contributed by atoms with Crippen LogP contribution in [0.15, 0.2) is 18.2 Å². The van der Waals surface area contributed by atoms with Crippen LogP contribution in [0.2, 0.25) is 0 Å². The molecule has 0 radical (unpaired) electrons. The van der Waals surface area contributed by atoms with Gasteiger partial charge in [0.15, 0.2) is 0 Å². The van der Waals surface area contributed by atoms with Crippen LogP contribution < -0.4 is 11.1 Å². The Labute approximate surface area is 156 Å². The molecule has 0 bridgehead atoms. The molecule has 0 spiro atoms. The van der Waals surface area contributed by atoms with Crippen molar-refractivity contribution in [3.05, 3.63) is 29.3 Å². The van der Waals surface area contributed by atoms with Gasteiger partial charge in [0.05, 0.1) is 6.04 Å². The van der Waals surface area contributed by atoms with Crippen LogP contribution in [-0.2, 0) is 16.0 Å². The summed E-state index contributed by atoms with van der Waals surface area (Å²) in [6.07, 6.45) is 4.47. The molecule has 6 heteroatoms. The van der Waals surface area contributed by atoms with Gasteiger partial charge in [0, 0.05) is 31.6 Å². The second-order valence-electron chi connectivity index (χ2n) is 6.39. The van der Waals surface area contributed by atoms with E-state index in [0.717, 1.165) is 38.0 Å². The highest BCUT2D eigenvalue weighted by molar-refractivity contribution is 5.85. The molecule has 1 unspecified atom stereocenters. The third-order valence-corrected chi connectivity index (χ3v) is 4.73. The number of nitrogens with one attached hydrogen (secondary N) is 1. The van der Waals surface area contributed by atoms with Gasteiger partial charge >= 0.3 is 0 Å². The minimum atomic E-state index is 0. The van der Waals surface area contributed by atoms with Gasteiger partial charge < -0.3 is 16.0 Å². The van der Waals surface area contributed by atoms with Crippen molar-refractivity contribution >= 4 is 29.9 Å². The molecule has 0 aliphatic heterocycles. The van der Waals surface area contributed by atoms with Gasteiger partial charge in [0.2, 0.25) is 11.8 Å². The van der Waals surface area contributed by atoms with E-state index in [2.05, 4.69) is 5.32 Å². The highest BCUT2D eigenvalue weighted by Gasteiger charge is 2.21. The predicted molar refractivity (Wildman–Crippen MR) is 104 cm³/mol. The van der Waals surface area contributed by atoms with Gasteiger partial charge in [-0.3, -0.25) is 9.59 Å². The van der Waals surface area contributed by atoms with E-state index in [1.165, 1.54) is 11.1 Å². The Kier molecular flexibility index (Phi) is 8.76.